The summed E-state index contributed by atoms with van der Waals surface area (Å²) >= 11 is 12.0. The van der Waals surface area contributed by atoms with Gasteiger partial charge in [0.1, 0.15) is 0 Å². The molecule has 0 bridgehead atoms. The standard InChI is InChI=1S/C15H20Cl2N2O3/c1-18(10-15(20)21)8-14-9-19(2-3-22-14)7-11-4-12(16)6-13(17)5-11/h4-6,14H,2-3,7-10H2,1H3,(H,20,21). The van der Waals surface area contributed by atoms with Crippen molar-refractivity contribution in [3.05, 3.63) is 33.8 Å². The number of halogens is 2. The van der Waals surface area contributed by atoms with Crippen LogP contribution in [-0.2, 0) is 16.1 Å². The molecule has 1 aromatic rings. The molecule has 1 unspecified atom stereocenters. The lowest BCUT2D eigenvalue weighted by molar-refractivity contribution is -0.138. The van der Waals surface area contributed by atoms with Gasteiger partial charge in [-0.2, -0.15) is 0 Å². The first-order valence-electron chi connectivity index (χ1n) is 7.11. The van der Waals surface area contributed by atoms with Crippen molar-refractivity contribution in [1.82, 2.24) is 9.80 Å². The minimum absolute atomic E-state index is 0.00718. The summed E-state index contributed by atoms with van der Waals surface area (Å²) in [6, 6.07) is 5.54. The molecule has 5 nitrogen and oxygen atoms in total. The summed E-state index contributed by atoms with van der Waals surface area (Å²) in [5, 5.41) is 10.1. The zero-order valence-corrected chi connectivity index (χ0v) is 14.0. The van der Waals surface area contributed by atoms with Crippen LogP contribution in [0.5, 0.6) is 0 Å². The molecule has 1 aliphatic rings. The number of aliphatic carboxylic acids is 1. The number of likely N-dealkylation sites (N-methyl/N-ethyl adjacent to an activating group) is 1. The van der Waals surface area contributed by atoms with Gasteiger partial charge in [0.2, 0.25) is 0 Å². The van der Waals surface area contributed by atoms with Crippen molar-refractivity contribution in [3.8, 4) is 0 Å². The molecule has 7 heteroatoms. The molecular weight excluding hydrogens is 327 g/mol. The summed E-state index contributed by atoms with van der Waals surface area (Å²) in [5.41, 5.74) is 1.07. The molecule has 22 heavy (non-hydrogen) atoms. The fourth-order valence-corrected chi connectivity index (χ4v) is 3.21. The molecule has 0 amide bonds. The predicted molar refractivity (Wildman–Crippen MR) is 86.6 cm³/mol. The zero-order valence-electron chi connectivity index (χ0n) is 12.5. The maximum atomic E-state index is 10.7. The Kier molecular flexibility index (Phi) is 6.47. The Bertz CT molecular complexity index is 507. The smallest absolute Gasteiger partial charge is 0.317 e. The number of rotatable bonds is 6. The van der Waals surface area contributed by atoms with Crippen molar-refractivity contribution in [2.45, 2.75) is 12.6 Å². The highest BCUT2D eigenvalue weighted by Gasteiger charge is 2.22. The third-order valence-corrected chi connectivity index (χ3v) is 3.91. The molecule has 2 rings (SSSR count). The van der Waals surface area contributed by atoms with E-state index in [1.54, 1.807) is 18.0 Å². The van der Waals surface area contributed by atoms with Gasteiger partial charge in [0, 0.05) is 36.2 Å². The highest BCUT2D eigenvalue weighted by atomic mass is 35.5. The average Bonchev–Trinajstić information content (AvgIpc) is 2.36. The topological polar surface area (TPSA) is 53.0 Å². The molecular formula is C15H20Cl2N2O3. The predicted octanol–water partition coefficient (Wildman–Crippen LogP) is 2.21. The van der Waals surface area contributed by atoms with Crippen LogP contribution in [0.4, 0.5) is 0 Å². The number of hydrogen-bond donors (Lipinski definition) is 1. The van der Waals surface area contributed by atoms with E-state index in [1.165, 1.54) is 0 Å². The molecule has 0 spiro atoms. The van der Waals surface area contributed by atoms with Gasteiger partial charge in [-0.05, 0) is 30.8 Å². The Morgan fingerprint density at radius 3 is 2.73 bits per heavy atom. The maximum Gasteiger partial charge on any atom is 0.317 e. The molecule has 1 aliphatic heterocycles. The van der Waals surface area contributed by atoms with E-state index in [0.29, 0.717) is 23.2 Å². The zero-order chi connectivity index (χ0) is 16.1. The largest absolute Gasteiger partial charge is 0.480 e. The molecule has 0 saturated carbocycles. The minimum Gasteiger partial charge on any atom is -0.480 e. The Morgan fingerprint density at radius 1 is 1.41 bits per heavy atom. The van der Waals surface area contributed by atoms with Crippen molar-refractivity contribution < 1.29 is 14.6 Å². The van der Waals surface area contributed by atoms with Gasteiger partial charge in [-0.3, -0.25) is 14.6 Å². The van der Waals surface area contributed by atoms with Gasteiger partial charge in [-0.1, -0.05) is 23.2 Å². The monoisotopic (exact) mass is 346 g/mol. The molecule has 122 valence electrons. The molecule has 1 saturated heterocycles. The van der Waals surface area contributed by atoms with Crippen molar-refractivity contribution in [2.24, 2.45) is 0 Å². The maximum absolute atomic E-state index is 10.7. The fourth-order valence-electron chi connectivity index (χ4n) is 2.64. The minimum atomic E-state index is -0.830. The summed E-state index contributed by atoms with van der Waals surface area (Å²) < 4.78 is 5.72. The molecule has 1 fully saturated rings. The summed E-state index contributed by atoms with van der Waals surface area (Å²) in [7, 11) is 1.78. The second-order valence-electron chi connectivity index (χ2n) is 5.60. The van der Waals surface area contributed by atoms with Gasteiger partial charge >= 0.3 is 5.97 Å². The van der Waals surface area contributed by atoms with Gasteiger partial charge in [-0.15, -0.1) is 0 Å². The number of carboxylic acid groups (broad SMARTS) is 1. The lowest BCUT2D eigenvalue weighted by Gasteiger charge is -2.34. The lowest BCUT2D eigenvalue weighted by atomic mass is 10.2. The van der Waals surface area contributed by atoms with E-state index in [4.69, 9.17) is 33.0 Å². The van der Waals surface area contributed by atoms with Gasteiger partial charge in [0.25, 0.3) is 0 Å². The van der Waals surface area contributed by atoms with E-state index >= 15 is 0 Å². The third kappa shape index (κ3) is 5.74. The fraction of sp³-hybridized carbons (Fsp3) is 0.533. The Hall–Kier alpha value is -0.850. The molecule has 0 radical (unpaired) electrons. The molecule has 0 aliphatic carbocycles. The van der Waals surface area contributed by atoms with E-state index < -0.39 is 5.97 Å². The van der Waals surface area contributed by atoms with Gasteiger partial charge < -0.3 is 9.84 Å². The first kappa shape index (κ1) is 17.5. The number of nitrogens with zero attached hydrogens (tertiary/aromatic N) is 2. The van der Waals surface area contributed by atoms with E-state index in [1.807, 2.05) is 12.1 Å². The normalized spacial score (nSPS) is 19.5. The van der Waals surface area contributed by atoms with E-state index in [9.17, 15) is 4.79 Å². The second-order valence-corrected chi connectivity index (χ2v) is 6.47. The van der Waals surface area contributed by atoms with Crippen LogP contribution >= 0.6 is 23.2 Å². The van der Waals surface area contributed by atoms with Crippen LogP contribution in [0.2, 0.25) is 10.0 Å². The van der Waals surface area contributed by atoms with Crippen LogP contribution in [-0.4, -0.2) is 66.8 Å². The van der Waals surface area contributed by atoms with Crippen LogP contribution in [0.15, 0.2) is 18.2 Å². The molecule has 1 heterocycles. The van der Waals surface area contributed by atoms with Crippen molar-refractivity contribution in [2.75, 3.05) is 39.8 Å². The number of ether oxygens (including phenoxy) is 1. The Morgan fingerprint density at radius 2 is 2.09 bits per heavy atom. The van der Waals surface area contributed by atoms with Crippen LogP contribution in [0, 0.1) is 0 Å². The van der Waals surface area contributed by atoms with Crippen molar-refractivity contribution >= 4 is 29.2 Å². The number of benzene rings is 1. The molecule has 0 aromatic heterocycles. The van der Waals surface area contributed by atoms with E-state index in [0.717, 1.165) is 25.2 Å². The average molecular weight is 347 g/mol. The number of carbonyl (C=O) groups is 1. The number of hydrogen-bond acceptors (Lipinski definition) is 4. The Labute approximate surface area is 140 Å². The SMILES string of the molecule is CN(CC(=O)O)CC1CN(Cc2cc(Cl)cc(Cl)c2)CCO1. The number of carboxylic acids is 1. The molecule has 1 atom stereocenters. The van der Waals surface area contributed by atoms with Crippen LogP contribution < -0.4 is 0 Å². The summed E-state index contributed by atoms with van der Waals surface area (Å²) in [6.45, 7) is 3.60. The lowest BCUT2D eigenvalue weighted by Crippen LogP contribution is -2.47. The Balaban J connectivity index is 1.88. The highest BCUT2D eigenvalue weighted by molar-refractivity contribution is 6.34. The van der Waals surface area contributed by atoms with Crippen LogP contribution in [0.25, 0.3) is 0 Å². The van der Waals surface area contributed by atoms with Gasteiger partial charge in [0.05, 0.1) is 19.3 Å². The summed E-state index contributed by atoms with van der Waals surface area (Å²) in [6.07, 6.45) is 0.00718. The van der Waals surface area contributed by atoms with Crippen LogP contribution in [0.1, 0.15) is 5.56 Å². The van der Waals surface area contributed by atoms with E-state index in [2.05, 4.69) is 4.90 Å². The third-order valence-electron chi connectivity index (χ3n) is 3.47. The van der Waals surface area contributed by atoms with E-state index in [-0.39, 0.29) is 12.6 Å². The quantitative estimate of drug-likeness (QED) is 0.855. The highest BCUT2D eigenvalue weighted by Crippen LogP contribution is 2.21. The van der Waals surface area contributed by atoms with Crippen molar-refractivity contribution in [3.63, 3.8) is 0 Å². The van der Waals surface area contributed by atoms with Gasteiger partial charge in [-0.25, -0.2) is 0 Å². The number of morpholine rings is 1. The first-order chi connectivity index (χ1) is 10.4. The molecule has 1 N–H and O–H groups in total. The van der Waals surface area contributed by atoms with Gasteiger partial charge in [0.15, 0.2) is 0 Å². The summed E-state index contributed by atoms with van der Waals surface area (Å²) in [4.78, 5) is 14.7. The first-order valence-corrected chi connectivity index (χ1v) is 7.87. The summed E-state index contributed by atoms with van der Waals surface area (Å²) in [5.74, 6) is -0.830. The second kappa shape index (κ2) is 8.13. The molecule has 1 aromatic carbocycles. The van der Waals surface area contributed by atoms with Crippen LogP contribution in [0.3, 0.4) is 0 Å². The van der Waals surface area contributed by atoms with Crippen molar-refractivity contribution in [1.29, 1.82) is 0 Å².